The third-order valence-corrected chi connectivity index (χ3v) is 6.78. The van der Waals surface area contributed by atoms with Crippen molar-refractivity contribution in [3.05, 3.63) is 82.4 Å². The molecule has 1 saturated heterocycles. The molecule has 0 amide bonds. The number of methoxy groups -OCH3 is 1. The van der Waals surface area contributed by atoms with E-state index in [0.717, 1.165) is 32.1 Å². The zero-order valence-corrected chi connectivity index (χ0v) is 16.8. The second kappa shape index (κ2) is 7.12. The first-order valence-corrected chi connectivity index (χ1v) is 10.4. The van der Waals surface area contributed by atoms with Gasteiger partial charge in [-0.1, -0.05) is 48.0 Å². The highest BCUT2D eigenvalue weighted by atomic mass is 16.7. The van der Waals surface area contributed by atoms with Gasteiger partial charge in [0.05, 0.1) is 25.9 Å². The van der Waals surface area contributed by atoms with Crippen LogP contribution in [0.2, 0.25) is 0 Å². The molecule has 1 unspecified atom stereocenters. The summed E-state index contributed by atoms with van der Waals surface area (Å²) < 4.78 is 17.0. The number of allylic oxidation sites excluding steroid dienone is 1. The third kappa shape index (κ3) is 3.11. The number of fused-ring (bicyclic) bond motifs is 3. The van der Waals surface area contributed by atoms with Crippen LogP contribution in [-0.2, 0) is 32.5 Å². The van der Waals surface area contributed by atoms with E-state index in [1.807, 2.05) is 12.1 Å². The Kier molecular flexibility index (Phi) is 4.56. The fourth-order valence-electron chi connectivity index (χ4n) is 5.38. The van der Waals surface area contributed by atoms with Gasteiger partial charge in [0.2, 0.25) is 0 Å². The SMILES string of the molecule is COC(=O)c1ccc2c(c1)CC=C1CC3(CCC12Cc1ccccc1)OCCO3. The van der Waals surface area contributed by atoms with Crippen LogP contribution in [0.1, 0.15) is 46.3 Å². The molecule has 3 aliphatic rings. The molecule has 29 heavy (non-hydrogen) atoms. The average molecular weight is 390 g/mol. The first-order chi connectivity index (χ1) is 14.1. The molecule has 0 bridgehead atoms. The number of ether oxygens (including phenoxy) is 3. The molecule has 2 aromatic rings. The van der Waals surface area contributed by atoms with E-state index in [9.17, 15) is 4.79 Å². The molecule has 5 rings (SSSR count). The van der Waals surface area contributed by atoms with Crippen LogP contribution >= 0.6 is 0 Å². The average Bonchev–Trinajstić information content (AvgIpc) is 3.22. The Morgan fingerprint density at radius 1 is 1.07 bits per heavy atom. The molecule has 1 saturated carbocycles. The molecule has 1 aliphatic heterocycles. The molecular formula is C25H26O4. The highest BCUT2D eigenvalue weighted by Gasteiger charge is 2.51. The third-order valence-electron chi connectivity index (χ3n) is 6.78. The van der Waals surface area contributed by atoms with Crippen LogP contribution in [-0.4, -0.2) is 32.1 Å². The van der Waals surface area contributed by atoms with Gasteiger partial charge in [0.1, 0.15) is 0 Å². The predicted molar refractivity (Wildman–Crippen MR) is 110 cm³/mol. The molecule has 4 nitrogen and oxygen atoms in total. The number of benzene rings is 2. The molecule has 2 aromatic carbocycles. The second-order valence-corrected chi connectivity index (χ2v) is 8.33. The molecule has 0 aromatic heterocycles. The summed E-state index contributed by atoms with van der Waals surface area (Å²) in [4.78, 5) is 12.1. The van der Waals surface area contributed by atoms with Gasteiger partial charge in [-0.25, -0.2) is 4.79 Å². The lowest BCUT2D eigenvalue weighted by atomic mass is 9.58. The van der Waals surface area contributed by atoms with Crippen molar-refractivity contribution in [2.45, 2.75) is 43.3 Å². The highest BCUT2D eigenvalue weighted by Crippen LogP contribution is 2.53. The first-order valence-electron chi connectivity index (χ1n) is 10.4. The maximum Gasteiger partial charge on any atom is 0.337 e. The van der Waals surface area contributed by atoms with Gasteiger partial charge in [0.15, 0.2) is 5.79 Å². The van der Waals surface area contributed by atoms with Crippen molar-refractivity contribution in [3.8, 4) is 0 Å². The van der Waals surface area contributed by atoms with Crippen LogP contribution < -0.4 is 0 Å². The minimum absolute atomic E-state index is 0.0792. The largest absolute Gasteiger partial charge is 0.465 e. The summed E-state index contributed by atoms with van der Waals surface area (Å²) in [5.41, 5.74) is 5.83. The first kappa shape index (κ1) is 18.6. The number of hydrogen-bond acceptors (Lipinski definition) is 4. The maximum absolute atomic E-state index is 12.1. The van der Waals surface area contributed by atoms with Crippen LogP contribution in [0, 0.1) is 0 Å². The Morgan fingerprint density at radius 3 is 2.62 bits per heavy atom. The second-order valence-electron chi connectivity index (χ2n) is 8.33. The van der Waals surface area contributed by atoms with E-state index in [2.05, 4.69) is 42.5 Å². The van der Waals surface area contributed by atoms with E-state index in [0.29, 0.717) is 18.8 Å². The Balaban J connectivity index is 1.59. The lowest BCUT2D eigenvalue weighted by Gasteiger charge is -2.49. The summed E-state index contributed by atoms with van der Waals surface area (Å²) >= 11 is 0. The maximum atomic E-state index is 12.1. The van der Waals surface area contributed by atoms with Gasteiger partial charge >= 0.3 is 5.97 Å². The smallest absolute Gasteiger partial charge is 0.337 e. The number of carbonyl (C=O) groups is 1. The lowest BCUT2D eigenvalue weighted by molar-refractivity contribution is -0.173. The number of esters is 1. The van der Waals surface area contributed by atoms with Crippen molar-refractivity contribution in [2.24, 2.45) is 0 Å². The van der Waals surface area contributed by atoms with E-state index in [1.54, 1.807) is 0 Å². The number of carbonyl (C=O) groups excluding carboxylic acids is 1. The summed E-state index contributed by atoms with van der Waals surface area (Å²) in [5.74, 6) is -0.731. The normalized spacial score (nSPS) is 24.5. The molecule has 150 valence electrons. The molecular weight excluding hydrogens is 364 g/mol. The molecule has 2 fully saturated rings. The van der Waals surface area contributed by atoms with Gasteiger partial charge in [-0.05, 0) is 48.1 Å². The monoisotopic (exact) mass is 390 g/mol. The molecule has 0 radical (unpaired) electrons. The molecule has 1 atom stereocenters. The van der Waals surface area contributed by atoms with Crippen LogP contribution in [0.15, 0.2) is 60.2 Å². The predicted octanol–water partition coefficient (Wildman–Crippen LogP) is 4.36. The summed E-state index contributed by atoms with van der Waals surface area (Å²) in [6.07, 6.45) is 6.78. The topological polar surface area (TPSA) is 44.8 Å². The van der Waals surface area contributed by atoms with Crippen molar-refractivity contribution < 1.29 is 19.0 Å². The zero-order chi connectivity index (χ0) is 19.9. The molecule has 1 heterocycles. The van der Waals surface area contributed by atoms with Crippen LogP contribution in [0.25, 0.3) is 0 Å². The van der Waals surface area contributed by atoms with Crippen LogP contribution in [0.4, 0.5) is 0 Å². The van der Waals surface area contributed by atoms with Gasteiger partial charge in [-0.2, -0.15) is 0 Å². The molecule has 4 heteroatoms. The van der Waals surface area contributed by atoms with Gasteiger partial charge < -0.3 is 14.2 Å². The van der Waals surface area contributed by atoms with Crippen molar-refractivity contribution >= 4 is 5.97 Å². The Labute approximate surface area is 171 Å². The summed E-state index contributed by atoms with van der Waals surface area (Å²) in [6, 6.07) is 16.7. The summed E-state index contributed by atoms with van der Waals surface area (Å²) in [5, 5.41) is 0. The molecule has 0 N–H and O–H groups in total. The fourth-order valence-corrected chi connectivity index (χ4v) is 5.38. The Morgan fingerprint density at radius 2 is 1.86 bits per heavy atom. The van der Waals surface area contributed by atoms with Crippen molar-refractivity contribution in [3.63, 3.8) is 0 Å². The Hall–Kier alpha value is -2.43. The van der Waals surface area contributed by atoms with E-state index < -0.39 is 5.79 Å². The van der Waals surface area contributed by atoms with Crippen molar-refractivity contribution in [1.29, 1.82) is 0 Å². The van der Waals surface area contributed by atoms with Gasteiger partial charge in [0.25, 0.3) is 0 Å². The van der Waals surface area contributed by atoms with Crippen molar-refractivity contribution in [2.75, 3.05) is 20.3 Å². The van der Waals surface area contributed by atoms with E-state index >= 15 is 0 Å². The van der Waals surface area contributed by atoms with E-state index in [4.69, 9.17) is 14.2 Å². The Bertz CT molecular complexity index is 956. The van der Waals surface area contributed by atoms with E-state index in [1.165, 1.54) is 29.4 Å². The van der Waals surface area contributed by atoms with Gasteiger partial charge in [-0.3, -0.25) is 0 Å². The fraction of sp³-hybridized carbons (Fsp3) is 0.400. The number of hydrogen-bond donors (Lipinski definition) is 0. The molecule has 2 aliphatic carbocycles. The quantitative estimate of drug-likeness (QED) is 0.577. The standard InChI is InChI=1S/C25H26O4/c1-27-23(26)20-8-10-22-19(15-20)7-9-21-17-25(28-13-14-29-25)12-11-24(21,22)16-18-5-3-2-4-6-18/h2-6,8-10,15H,7,11-14,16-17H2,1H3. The van der Waals surface area contributed by atoms with Crippen LogP contribution in [0.5, 0.6) is 0 Å². The van der Waals surface area contributed by atoms with Gasteiger partial charge in [-0.15, -0.1) is 0 Å². The van der Waals surface area contributed by atoms with Crippen molar-refractivity contribution in [1.82, 2.24) is 0 Å². The zero-order valence-electron chi connectivity index (χ0n) is 16.8. The molecule has 1 spiro atoms. The van der Waals surface area contributed by atoms with E-state index in [-0.39, 0.29) is 11.4 Å². The summed E-state index contributed by atoms with van der Waals surface area (Å²) in [6.45, 7) is 1.36. The van der Waals surface area contributed by atoms with Crippen LogP contribution in [0.3, 0.4) is 0 Å². The minimum atomic E-state index is -0.449. The highest BCUT2D eigenvalue weighted by molar-refractivity contribution is 5.89. The summed E-state index contributed by atoms with van der Waals surface area (Å²) in [7, 11) is 1.43. The number of rotatable bonds is 3. The lowest BCUT2D eigenvalue weighted by Crippen LogP contribution is -2.46. The minimum Gasteiger partial charge on any atom is -0.465 e. The van der Waals surface area contributed by atoms with Gasteiger partial charge in [0, 0.05) is 18.3 Å².